The van der Waals surface area contributed by atoms with Crippen LogP contribution < -0.4 is 5.32 Å². The first-order valence-electron chi connectivity index (χ1n) is 7.05. The number of amides is 1. The van der Waals surface area contributed by atoms with Crippen molar-refractivity contribution in [1.29, 1.82) is 5.26 Å². The van der Waals surface area contributed by atoms with E-state index >= 15 is 0 Å². The van der Waals surface area contributed by atoms with Gasteiger partial charge in [0.15, 0.2) is 5.82 Å². The van der Waals surface area contributed by atoms with Gasteiger partial charge < -0.3 is 5.32 Å². The van der Waals surface area contributed by atoms with Crippen molar-refractivity contribution >= 4 is 23.6 Å². The fourth-order valence-corrected chi connectivity index (χ4v) is 2.23. The minimum absolute atomic E-state index is 0.294. The van der Waals surface area contributed by atoms with Gasteiger partial charge in [-0.15, -0.1) is 0 Å². The Hall–Kier alpha value is -2.71. The Balaban J connectivity index is 2.27. The molecule has 122 valence electrons. The molecule has 2 rings (SSSR count). The molecule has 0 spiro atoms. The van der Waals surface area contributed by atoms with Crippen molar-refractivity contribution in [2.24, 2.45) is 0 Å². The molecule has 2 aromatic rings. The van der Waals surface area contributed by atoms with Crippen LogP contribution in [0.15, 0.2) is 48.0 Å². The third-order valence-electron chi connectivity index (χ3n) is 3.38. The lowest BCUT2D eigenvalue weighted by Gasteiger charge is -2.13. The minimum Gasteiger partial charge on any atom is -0.345 e. The summed E-state index contributed by atoms with van der Waals surface area (Å²) in [5, 5.41) is 11.5. The molecule has 1 amide bonds. The summed E-state index contributed by atoms with van der Waals surface area (Å²) in [6.45, 7) is 1.74. The number of hydrogen-bond donors (Lipinski definition) is 1. The highest BCUT2D eigenvalue weighted by atomic mass is 35.5. The Bertz CT molecular complexity index is 829. The third-order valence-corrected chi connectivity index (χ3v) is 3.67. The summed E-state index contributed by atoms with van der Waals surface area (Å²) in [6.07, 6.45) is 0.851. The maximum atomic E-state index is 13.9. The maximum Gasteiger partial charge on any atom is 0.262 e. The van der Waals surface area contributed by atoms with Gasteiger partial charge in [0.05, 0.1) is 11.1 Å². The zero-order chi connectivity index (χ0) is 17.7. The average Bonchev–Trinajstić information content (AvgIpc) is 2.59. The van der Waals surface area contributed by atoms with Gasteiger partial charge in [-0.25, -0.2) is 8.78 Å². The van der Waals surface area contributed by atoms with Gasteiger partial charge in [0.2, 0.25) is 0 Å². The minimum atomic E-state index is -1.02. The molecule has 0 aliphatic carbocycles. The van der Waals surface area contributed by atoms with Gasteiger partial charge in [0, 0.05) is 5.56 Å². The van der Waals surface area contributed by atoms with Crippen LogP contribution in [0.2, 0.25) is 5.02 Å². The van der Waals surface area contributed by atoms with E-state index in [2.05, 4.69) is 5.32 Å². The van der Waals surface area contributed by atoms with Crippen molar-refractivity contribution in [2.45, 2.75) is 13.0 Å². The second kappa shape index (κ2) is 7.71. The number of nitriles is 1. The molecule has 1 atom stereocenters. The molecule has 24 heavy (non-hydrogen) atoms. The quantitative estimate of drug-likeness (QED) is 0.506. The predicted molar refractivity (Wildman–Crippen MR) is 88.0 cm³/mol. The second-order valence-electron chi connectivity index (χ2n) is 5.03. The Labute approximate surface area is 143 Å². The average molecular weight is 347 g/mol. The Morgan fingerprint density at radius 2 is 1.92 bits per heavy atom. The van der Waals surface area contributed by atoms with Gasteiger partial charge >= 0.3 is 0 Å². The van der Waals surface area contributed by atoms with E-state index in [-0.39, 0.29) is 11.1 Å². The topological polar surface area (TPSA) is 52.9 Å². The molecule has 0 aliphatic heterocycles. The van der Waals surface area contributed by atoms with E-state index in [1.165, 1.54) is 0 Å². The van der Waals surface area contributed by atoms with Gasteiger partial charge in [-0.05, 0) is 30.7 Å². The number of nitrogens with zero attached hydrogens (tertiary/aromatic N) is 1. The van der Waals surface area contributed by atoms with Crippen LogP contribution in [0.3, 0.4) is 0 Å². The number of hydrogen-bond acceptors (Lipinski definition) is 2. The van der Waals surface area contributed by atoms with Crippen molar-refractivity contribution in [3.63, 3.8) is 0 Å². The van der Waals surface area contributed by atoms with Crippen LogP contribution in [0.1, 0.15) is 24.1 Å². The van der Waals surface area contributed by atoms with Crippen LogP contribution in [0.25, 0.3) is 6.08 Å². The summed E-state index contributed by atoms with van der Waals surface area (Å²) < 4.78 is 27.6. The first-order valence-corrected chi connectivity index (χ1v) is 7.43. The highest BCUT2D eigenvalue weighted by Crippen LogP contribution is 2.23. The molecule has 1 N–H and O–H groups in total. The summed E-state index contributed by atoms with van der Waals surface area (Å²) in [6, 6.07) is 12.4. The van der Waals surface area contributed by atoms with Crippen LogP contribution >= 0.6 is 11.6 Å². The molecule has 0 unspecified atom stereocenters. The molecule has 0 bridgehead atoms. The number of carbonyl (C=O) groups excluding carboxylic acids is 1. The molecular formula is C18H13ClF2N2O. The predicted octanol–water partition coefficient (Wildman–Crippen LogP) is 4.40. The fourth-order valence-electron chi connectivity index (χ4n) is 2.07. The molecule has 2 aromatic carbocycles. The summed E-state index contributed by atoms with van der Waals surface area (Å²) in [5.74, 6) is -2.66. The van der Waals surface area contributed by atoms with E-state index in [1.54, 1.807) is 13.0 Å². The highest BCUT2D eigenvalue weighted by Gasteiger charge is 2.17. The van der Waals surface area contributed by atoms with Crippen molar-refractivity contribution in [3.05, 3.63) is 75.8 Å². The molecule has 0 saturated heterocycles. The molecule has 6 heteroatoms. The van der Waals surface area contributed by atoms with Crippen LogP contribution in [-0.4, -0.2) is 5.91 Å². The second-order valence-corrected chi connectivity index (χ2v) is 5.44. The van der Waals surface area contributed by atoms with Gasteiger partial charge in [-0.1, -0.05) is 41.9 Å². The standard InChI is InChI=1S/C18H13ClF2N2O/c1-11(12-5-3-2-4-6-12)23-18(24)13(10-22)9-14-16(20)8-7-15(19)17(14)21/h2-9,11H,1H3,(H,23,24)/t11-/m0/s1. The molecule has 3 nitrogen and oxygen atoms in total. The molecule has 0 saturated carbocycles. The van der Waals surface area contributed by atoms with Crippen molar-refractivity contribution in [1.82, 2.24) is 5.32 Å². The SMILES string of the molecule is C[C@H](NC(=O)C(C#N)=Cc1c(F)ccc(Cl)c1F)c1ccccc1. The number of halogens is 3. The van der Waals surface area contributed by atoms with Crippen molar-refractivity contribution < 1.29 is 13.6 Å². The van der Waals surface area contributed by atoms with E-state index in [0.717, 1.165) is 23.8 Å². The molecule has 0 aliphatic rings. The summed E-state index contributed by atoms with van der Waals surface area (Å²) in [7, 11) is 0. The van der Waals surface area contributed by atoms with Crippen LogP contribution in [0.4, 0.5) is 8.78 Å². The van der Waals surface area contributed by atoms with Gasteiger partial charge in [-0.3, -0.25) is 4.79 Å². The molecule has 0 fully saturated rings. The van der Waals surface area contributed by atoms with E-state index < -0.39 is 28.7 Å². The zero-order valence-corrected chi connectivity index (χ0v) is 13.4. The van der Waals surface area contributed by atoms with E-state index in [4.69, 9.17) is 16.9 Å². The monoisotopic (exact) mass is 346 g/mol. The first-order chi connectivity index (χ1) is 11.4. The highest BCUT2D eigenvalue weighted by molar-refractivity contribution is 6.30. The number of nitrogens with one attached hydrogen (secondary N) is 1. The fraction of sp³-hybridized carbons (Fsp3) is 0.111. The lowest BCUT2D eigenvalue weighted by molar-refractivity contribution is -0.117. The van der Waals surface area contributed by atoms with Crippen LogP contribution in [0.5, 0.6) is 0 Å². The van der Waals surface area contributed by atoms with Crippen LogP contribution in [0, 0.1) is 23.0 Å². The van der Waals surface area contributed by atoms with Crippen LogP contribution in [-0.2, 0) is 4.79 Å². The molecule has 0 aromatic heterocycles. The Morgan fingerprint density at radius 1 is 1.25 bits per heavy atom. The maximum absolute atomic E-state index is 13.9. The summed E-state index contributed by atoms with van der Waals surface area (Å²) in [5.41, 5.74) is -0.109. The largest absolute Gasteiger partial charge is 0.345 e. The first kappa shape index (κ1) is 17.6. The summed E-state index contributed by atoms with van der Waals surface area (Å²) in [4.78, 5) is 12.2. The number of rotatable bonds is 4. The smallest absolute Gasteiger partial charge is 0.262 e. The van der Waals surface area contributed by atoms with Crippen molar-refractivity contribution in [2.75, 3.05) is 0 Å². The van der Waals surface area contributed by atoms with E-state index in [1.807, 2.05) is 30.3 Å². The number of carbonyl (C=O) groups is 1. The Kier molecular flexibility index (Phi) is 5.67. The lowest BCUT2D eigenvalue weighted by Crippen LogP contribution is -2.27. The number of benzene rings is 2. The van der Waals surface area contributed by atoms with Gasteiger partial charge in [0.25, 0.3) is 5.91 Å². The van der Waals surface area contributed by atoms with Crippen molar-refractivity contribution in [3.8, 4) is 6.07 Å². The lowest BCUT2D eigenvalue weighted by atomic mass is 10.1. The molecular weight excluding hydrogens is 334 g/mol. The van der Waals surface area contributed by atoms with Gasteiger partial charge in [0.1, 0.15) is 17.5 Å². The Morgan fingerprint density at radius 3 is 2.54 bits per heavy atom. The van der Waals surface area contributed by atoms with E-state index in [9.17, 15) is 13.6 Å². The van der Waals surface area contributed by atoms with E-state index in [0.29, 0.717) is 0 Å². The summed E-state index contributed by atoms with van der Waals surface area (Å²) >= 11 is 5.60. The molecule has 0 heterocycles. The zero-order valence-electron chi connectivity index (χ0n) is 12.7. The normalized spacial score (nSPS) is 12.4. The third kappa shape index (κ3) is 3.98. The van der Waals surface area contributed by atoms with Gasteiger partial charge in [-0.2, -0.15) is 5.26 Å². The molecule has 0 radical (unpaired) electrons.